The van der Waals surface area contributed by atoms with E-state index in [1.165, 1.54) is 56.8 Å². The molecule has 1 aliphatic rings. The topological polar surface area (TPSA) is 0 Å². The van der Waals surface area contributed by atoms with E-state index in [-0.39, 0.29) is 0 Å². The van der Waals surface area contributed by atoms with Gasteiger partial charge in [-0.25, -0.2) is 0 Å². The SMILES string of the molecule is Brc1cccc2c1-c1ccccc1CCC2.c1ccc2ccccc2c1.c1ccccc1. The molecule has 0 heterocycles. The molecule has 1 heteroatoms. The van der Waals surface area contributed by atoms with Crippen LogP contribution in [0.15, 0.2) is 132 Å². The van der Waals surface area contributed by atoms with Gasteiger partial charge < -0.3 is 0 Å². The fourth-order valence-corrected chi connectivity index (χ4v) is 4.67. The van der Waals surface area contributed by atoms with Gasteiger partial charge in [-0.05, 0) is 58.4 Å². The zero-order valence-electron chi connectivity index (χ0n) is 18.1. The third kappa shape index (κ3) is 5.75. The van der Waals surface area contributed by atoms with Gasteiger partial charge >= 0.3 is 0 Å². The highest BCUT2D eigenvalue weighted by molar-refractivity contribution is 9.10. The minimum absolute atomic E-state index is 1.18. The number of benzene rings is 5. The second kappa shape index (κ2) is 11.5. The number of aryl methyl sites for hydroxylation is 2. The van der Waals surface area contributed by atoms with Crippen molar-refractivity contribution in [2.45, 2.75) is 19.3 Å². The lowest BCUT2D eigenvalue weighted by Crippen LogP contribution is -1.88. The Labute approximate surface area is 199 Å². The third-order valence-corrected chi connectivity index (χ3v) is 6.27. The van der Waals surface area contributed by atoms with Crippen LogP contribution in [-0.4, -0.2) is 0 Å². The van der Waals surface area contributed by atoms with Gasteiger partial charge in [0, 0.05) is 4.47 Å². The molecule has 5 aromatic carbocycles. The maximum Gasteiger partial charge on any atom is 0.0256 e. The van der Waals surface area contributed by atoms with E-state index >= 15 is 0 Å². The molecule has 0 atom stereocenters. The molecule has 6 rings (SSSR count). The standard InChI is InChI=1S/C15H13Br.C10H8.C6H6/c16-14-10-4-8-12-7-3-6-11-5-1-2-9-13(11)15(12)14;1-2-6-10-8-4-3-7-9(10)5-1;1-2-4-6-5-3-1/h1-2,4-5,8-10H,3,6-7H2;1-8H;1-6H. The molecule has 1 aliphatic carbocycles. The Bertz CT molecular complexity index is 1170. The summed E-state index contributed by atoms with van der Waals surface area (Å²) in [7, 11) is 0. The van der Waals surface area contributed by atoms with E-state index in [4.69, 9.17) is 0 Å². The highest BCUT2D eigenvalue weighted by Crippen LogP contribution is 2.37. The Morgan fingerprint density at radius 1 is 0.438 bits per heavy atom. The Balaban J connectivity index is 0.000000130. The van der Waals surface area contributed by atoms with Crippen molar-refractivity contribution in [2.75, 3.05) is 0 Å². The van der Waals surface area contributed by atoms with Crippen molar-refractivity contribution in [3.63, 3.8) is 0 Å². The Morgan fingerprint density at radius 3 is 1.50 bits per heavy atom. The summed E-state index contributed by atoms with van der Waals surface area (Å²) in [5.74, 6) is 0. The molecule has 0 nitrogen and oxygen atoms in total. The number of rotatable bonds is 0. The van der Waals surface area contributed by atoms with Gasteiger partial charge in [0.25, 0.3) is 0 Å². The van der Waals surface area contributed by atoms with Gasteiger partial charge in [-0.3, -0.25) is 0 Å². The van der Waals surface area contributed by atoms with Crippen molar-refractivity contribution in [2.24, 2.45) is 0 Å². The first-order valence-corrected chi connectivity index (χ1v) is 11.9. The fourth-order valence-electron chi connectivity index (χ4n) is 4.05. The Hall–Kier alpha value is -3.16. The lowest BCUT2D eigenvalue weighted by atomic mass is 9.97. The van der Waals surface area contributed by atoms with Crippen molar-refractivity contribution in [1.29, 1.82) is 0 Å². The van der Waals surface area contributed by atoms with E-state index in [1.807, 2.05) is 36.4 Å². The van der Waals surface area contributed by atoms with Crippen LogP contribution in [0, 0.1) is 0 Å². The fraction of sp³-hybridized carbons (Fsp3) is 0.0968. The average Bonchev–Trinajstić information content (AvgIpc) is 3.06. The predicted octanol–water partition coefficient (Wildman–Crippen LogP) is 9.13. The van der Waals surface area contributed by atoms with Crippen LogP contribution in [0.2, 0.25) is 0 Å². The smallest absolute Gasteiger partial charge is 0.0256 e. The molecule has 0 aliphatic heterocycles. The molecule has 0 saturated carbocycles. The molecule has 0 radical (unpaired) electrons. The predicted molar refractivity (Wildman–Crippen MR) is 142 cm³/mol. The minimum atomic E-state index is 1.18. The summed E-state index contributed by atoms with van der Waals surface area (Å²) in [6.45, 7) is 0. The van der Waals surface area contributed by atoms with Crippen LogP contribution in [0.25, 0.3) is 21.9 Å². The van der Waals surface area contributed by atoms with Gasteiger partial charge in [0.2, 0.25) is 0 Å². The number of hydrogen-bond acceptors (Lipinski definition) is 0. The summed E-state index contributed by atoms with van der Waals surface area (Å²) in [4.78, 5) is 0. The monoisotopic (exact) mass is 478 g/mol. The van der Waals surface area contributed by atoms with Gasteiger partial charge in [0.15, 0.2) is 0 Å². The second-order valence-electron chi connectivity index (χ2n) is 7.79. The van der Waals surface area contributed by atoms with Gasteiger partial charge in [0.05, 0.1) is 0 Å². The average molecular weight is 479 g/mol. The molecular formula is C31H27Br. The Kier molecular flexibility index (Phi) is 7.89. The van der Waals surface area contributed by atoms with Crippen LogP contribution in [-0.2, 0) is 12.8 Å². The maximum atomic E-state index is 3.69. The van der Waals surface area contributed by atoms with Crippen molar-refractivity contribution in [3.05, 3.63) is 143 Å². The van der Waals surface area contributed by atoms with Gasteiger partial charge in [0.1, 0.15) is 0 Å². The first-order chi connectivity index (χ1) is 15.8. The summed E-state index contributed by atoms with van der Waals surface area (Å²) < 4.78 is 1.22. The van der Waals surface area contributed by atoms with Crippen LogP contribution in [0.5, 0.6) is 0 Å². The van der Waals surface area contributed by atoms with Crippen molar-refractivity contribution in [3.8, 4) is 11.1 Å². The van der Waals surface area contributed by atoms with E-state index < -0.39 is 0 Å². The molecule has 0 N–H and O–H groups in total. The maximum absolute atomic E-state index is 3.69. The van der Waals surface area contributed by atoms with Crippen LogP contribution in [0.4, 0.5) is 0 Å². The zero-order chi connectivity index (χ0) is 22.0. The van der Waals surface area contributed by atoms with Crippen molar-refractivity contribution < 1.29 is 0 Å². The van der Waals surface area contributed by atoms with E-state index in [0.29, 0.717) is 0 Å². The van der Waals surface area contributed by atoms with Crippen LogP contribution in [0.1, 0.15) is 17.5 Å². The largest absolute Gasteiger partial charge is 0.0623 e. The summed E-state index contributed by atoms with van der Waals surface area (Å²) in [5, 5.41) is 2.62. The van der Waals surface area contributed by atoms with E-state index in [9.17, 15) is 0 Å². The molecule has 32 heavy (non-hydrogen) atoms. The molecule has 0 amide bonds. The summed E-state index contributed by atoms with van der Waals surface area (Å²) in [5.41, 5.74) is 5.76. The summed E-state index contributed by atoms with van der Waals surface area (Å²) >= 11 is 3.69. The molecule has 5 aromatic rings. The van der Waals surface area contributed by atoms with E-state index in [1.54, 1.807) is 0 Å². The minimum Gasteiger partial charge on any atom is -0.0623 e. The first-order valence-electron chi connectivity index (χ1n) is 11.1. The van der Waals surface area contributed by atoms with Crippen LogP contribution < -0.4 is 0 Å². The molecule has 0 aromatic heterocycles. The highest BCUT2D eigenvalue weighted by atomic mass is 79.9. The molecule has 158 valence electrons. The van der Waals surface area contributed by atoms with E-state index in [0.717, 1.165) is 0 Å². The molecule has 0 spiro atoms. The van der Waals surface area contributed by atoms with Crippen LogP contribution in [0.3, 0.4) is 0 Å². The molecule has 0 bridgehead atoms. The molecule has 0 saturated heterocycles. The first kappa shape index (κ1) is 22.0. The number of halogens is 1. The van der Waals surface area contributed by atoms with Crippen molar-refractivity contribution in [1.82, 2.24) is 0 Å². The molecule has 0 fully saturated rings. The Morgan fingerprint density at radius 2 is 0.906 bits per heavy atom. The quantitative estimate of drug-likeness (QED) is 0.208. The molecular weight excluding hydrogens is 452 g/mol. The van der Waals surface area contributed by atoms with Crippen molar-refractivity contribution >= 4 is 26.7 Å². The normalized spacial score (nSPS) is 11.5. The summed E-state index contributed by atoms with van der Waals surface area (Å²) in [6, 6.07) is 44.0. The lowest BCUT2D eigenvalue weighted by Gasteiger charge is -2.10. The van der Waals surface area contributed by atoms with Gasteiger partial charge in [-0.2, -0.15) is 0 Å². The van der Waals surface area contributed by atoms with E-state index in [2.05, 4.69) is 107 Å². The summed E-state index contributed by atoms with van der Waals surface area (Å²) in [6.07, 6.45) is 3.63. The third-order valence-electron chi connectivity index (χ3n) is 5.60. The second-order valence-corrected chi connectivity index (χ2v) is 8.64. The lowest BCUT2D eigenvalue weighted by molar-refractivity contribution is 0.834. The van der Waals surface area contributed by atoms with Gasteiger partial charge in [-0.15, -0.1) is 0 Å². The number of hydrogen-bond donors (Lipinski definition) is 0. The zero-order valence-corrected chi connectivity index (χ0v) is 19.7. The molecule has 0 unspecified atom stereocenters. The van der Waals surface area contributed by atoms with Gasteiger partial charge in [-0.1, -0.05) is 137 Å². The number of fused-ring (bicyclic) bond motifs is 4. The van der Waals surface area contributed by atoms with Crippen LogP contribution >= 0.6 is 15.9 Å². The highest BCUT2D eigenvalue weighted by Gasteiger charge is 2.15.